The van der Waals surface area contributed by atoms with Crippen molar-refractivity contribution in [2.45, 2.75) is 70.7 Å². The van der Waals surface area contributed by atoms with Crippen LogP contribution in [0.5, 0.6) is 0 Å². The van der Waals surface area contributed by atoms with Gasteiger partial charge in [0.2, 0.25) is 0 Å². The second kappa shape index (κ2) is 5.89. The monoisotopic (exact) mass is 270 g/mol. The van der Waals surface area contributed by atoms with Crippen molar-refractivity contribution in [3.63, 3.8) is 0 Å². The highest BCUT2D eigenvalue weighted by Crippen LogP contribution is 2.37. The SMILES string of the molecule is C=C(CO[Si](C)(C)C(C)(C)C)C1CCC(O)CC1. The molecule has 1 aliphatic carbocycles. The van der Waals surface area contributed by atoms with Crippen LogP contribution in [0.25, 0.3) is 0 Å². The van der Waals surface area contributed by atoms with Crippen LogP contribution in [-0.2, 0) is 4.43 Å². The van der Waals surface area contributed by atoms with E-state index in [-0.39, 0.29) is 11.1 Å². The van der Waals surface area contributed by atoms with Crippen LogP contribution in [0.15, 0.2) is 12.2 Å². The van der Waals surface area contributed by atoms with Crippen LogP contribution in [0.2, 0.25) is 18.1 Å². The van der Waals surface area contributed by atoms with E-state index >= 15 is 0 Å². The molecule has 0 amide bonds. The summed E-state index contributed by atoms with van der Waals surface area (Å²) in [6.45, 7) is 16.3. The Morgan fingerprint density at radius 3 is 2.17 bits per heavy atom. The first kappa shape index (κ1) is 15.9. The Morgan fingerprint density at radius 1 is 1.22 bits per heavy atom. The van der Waals surface area contributed by atoms with E-state index in [2.05, 4.69) is 40.4 Å². The zero-order valence-corrected chi connectivity index (χ0v) is 13.8. The number of hydrogen-bond acceptors (Lipinski definition) is 2. The van der Waals surface area contributed by atoms with Crippen LogP contribution in [0.1, 0.15) is 46.5 Å². The molecule has 1 rings (SSSR count). The average Bonchev–Trinajstić information content (AvgIpc) is 2.25. The zero-order valence-electron chi connectivity index (χ0n) is 12.8. The van der Waals surface area contributed by atoms with Crippen LogP contribution in [-0.4, -0.2) is 26.1 Å². The normalized spacial score (nSPS) is 26.1. The molecule has 1 aliphatic rings. The van der Waals surface area contributed by atoms with Gasteiger partial charge in [-0.15, -0.1) is 0 Å². The summed E-state index contributed by atoms with van der Waals surface area (Å²) >= 11 is 0. The van der Waals surface area contributed by atoms with Crippen LogP contribution in [0.3, 0.4) is 0 Å². The molecule has 0 aliphatic heterocycles. The largest absolute Gasteiger partial charge is 0.413 e. The van der Waals surface area contributed by atoms with Crippen molar-refractivity contribution in [2.24, 2.45) is 5.92 Å². The van der Waals surface area contributed by atoms with Gasteiger partial charge >= 0.3 is 0 Å². The maximum atomic E-state index is 9.52. The molecule has 0 aromatic rings. The van der Waals surface area contributed by atoms with E-state index in [0.29, 0.717) is 12.5 Å². The van der Waals surface area contributed by atoms with Crippen molar-refractivity contribution in [2.75, 3.05) is 6.61 Å². The average molecular weight is 270 g/mol. The first-order chi connectivity index (χ1) is 8.13. The molecule has 1 saturated carbocycles. The van der Waals surface area contributed by atoms with Gasteiger partial charge in [0.25, 0.3) is 0 Å². The van der Waals surface area contributed by atoms with Gasteiger partial charge in [-0.05, 0) is 49.7 Å². The van der Waals surface area contributed by atoms with Gasteiger partial charge in [-0.1, -0.05) is 32.9 Å². The van der Waals surface area contributed by atoms with Crippen molar-refractivity contribution in [3.8, 4) is 0 Å². The molecule has 0 atom stereocenters. The van der Waals surface area contributed by atoms with E-state index < -0.39 is 8.32 Å². The summed E-state index contributed by atoms with van der Waals surface area (Å²) in [6, 6.07) is 0. The maximum Gasteiger partial charge on any atom is 0.192 e. The summed E-state index contributed by atoms with van der Waals surface area (Å²) in [5.41, 5.74) is 1.23. The first-order valence-corrected chi connectivity index (χ1v) is 10.0. The topological polar surface area (TPSA) is 29.5 Å². The molecule has 106 valence electrons. The van der Waals surface area contributed by atoms with E-state index in [4.69, 9.17) is 4.43 Å². The third-order valence-electron chi connectivity index (χ3n) is 4.70. The standard InChI is InChI=1S/C15H30O2Si/c1-12(13-7-9-14(16)10-8-13)11-17-18(5,6)15(2,3)4/h13-14,16H,1,7-11H2,2-6H3. The fourth-order valence-electron chi connectivity index (χ4n) is 2.09. The third kappa shape index (κ3) is 4.21. The Hall–Kier alpha value is -0.123. The molecule has 0 spiro atoms. The van der Waals surface area contributed by atoms with Crippen molar-refractivity contribution < 1.29 is 9.53 Å². The summed E-state index contributed by atoms with van der Waals surface area (Å²) in [6.07, 6.45) is 3.89. The second-order valence-corrected chi connectivity index (χ2v) is 12.0. The van der Waals surface area contributed by atoms with Gasteiger partial charge in [0, 0.05) is 0 Å². The molecule has 1 N–H and O–H groups in total. The molecule has 0 saturated heterocycles. The predicted octanol–water partition coefficient (Wildman–Crippen LogP) is 4.12. The maximum absolute atomic E-state index is 9.52. The lowest BCUT2D eigenvalue weighted by atomic mass is 9.83. The van der Waals surface area contributed by atoms with Gasteiger partial charge in [0.05, 0.1) is 12.7 Å². The summed E-state index contributed by atoms with van der Waals surface area (Å²) in [5, 5.41) is 9.78. The molecule has 0 heterocycles. The molecule has 2 nitrogen and oxygen atoms in total. The van der Waals surface area contributed by atoms with Crippen LogP contribution >= 0.6 is 0 Å². The summed E-state index contributed by atoms with van der Waals surface area (Å²) in [7, 11) is -1.65. The Bertz CT molecular complexity index is 283. The van der Waals surface area contributed by atoms with Crippen LogP contribution < -0.4 is 0 Å². The molecule has 0 aromatic carbocycles. The molecular weight excluding hydrogens is 240 g/mol. The number of aliphatic hydroxyl groups is 1. The molecule has 0 bridgehead atoms. The lowest BCUT2D eigenvalue weighted by Gasteiger charge is -2.37. The van der Waals surface area contributed by atoms with Gasteiger partial charge in [-0.2, -0.15) is 0 Å². The van der Waals surface area contributed by atoms with Crippen molar-refractivity contribution in [1.82, 2.24) is 0 Å². The highest BCUT2D eigenvalue weighted by molar-refractivity contribution is 6.74. The van der Waals surface area contributed by atoms with Crippen molar-refractivity contribution >= 4 is 8.32 Å². The summed E-state index contributed by atoms with van der Waals surface area (Å²) in [4.78, 5) is 0. The Balaban J connectivity index is 2.42. The van der Waals surface area contributed by atoms with Gasteiger partial charge < -0.3 is 9.53 Å². The predicted molar refractivity (Wildman–Crippen MR) is 80.3 cm³/mol. The van der Waals surface area contributed by atoms with Gasteiger partial charge in [0.1, 0.15) is 0 Å². The van der Waals surface area contributed by atoms with Gasteiger partial charge in [-0.25, -0.2) is 0 Å². The first-order valence-electron chi connectivity index (χ1n) is 7.13. The number of aliphatic hydroxyl groups excluding tert-OH is 1. The van der Waals surface area contributed by atoms with Crippen LogP contribution in [0, 0.1) is 5.92 Å². The fourth-order valence-corrected chi connectivity index (χ4v) is 3.07. The molecular formula is C15H30O2Si. The van der Waals surface area contributed by atoms with Crippen LogP contribution in [0.4, 0.5) is 0 Å². The minimum absolute atomic E-state index is 0.0876. The van der Waals surface area contributed by atoms with Crippen molar-refractivity contribution in [3.05, 3.63) is 12.2 Å². The molecule has 0 radical (unpaired) electrons. The quantitative estimate of drug-likeness (QED) is 0.615. The van der Waals surface area contributed by atoms with Gasteiger partial charge in [-0.3, -0.25) is 0 Å². The second-order valence-electron chi connectivity index (χ2n) is 7.21. The highest BCUT2D eigenvalue weighted by atomic mass is 28.4. The summed E-state index contributed by atoms with van der Waals surface area (Å²) in [5.74, 6) is 0.554. The van der Waals surface area contributed by atoms with E-state index in [1.165, 1.54) is 5.57 Å². The number of rotatable bonds is 4. The minimum atomic E-state index is -1.65. The number of hydrogen-bond donors (Lipinski definition) is 1. The molecule has 0 unspecified atom stereocenters. The van der Waals surface area contributed by atoms with E-state index in [0.717, 1.165) is 25.7 Å². The van der Waals surface area contributed by atoms with E-state index in [1.54, 1.807) is 0 Å². The van der Waals surface area contributed by atoms with Gasteiger partial charge in [0.15, 0.2) is 8.32 Å². The van der Waals surface area contributed by atoms with Crippen molar-refractivity contribution in [1.29, 1.82) is 0 Å². The summed E-state index contributed by atoms with van der Waals surface area (Å²) < 4.78 is 6.21. The fraction of sp³-hybridized carbons (Fsp3) is 0.867. The highest BCUT2D eigenvalue weighted by Gasteiger charge is 2.37. The molecule has 1 fully saturated rings. The zero-order chi connectivity index (χ0) is 14.0. The smallest absolute Gasteiger partial charge is 0.192 e. The lowest BCUT2D eigenvalue weighted by molar-refractivity contribution is 0.113. The molecule has 0 aromatic heterocycles. The van der Waals surface area contributed by atoms with E-state index in [1.807, 2.05) is 0 Å². The molecule has 18 heavy (non-hydrogen) atoms. The Morgan fingerprint density at radius 2 is 1.72 bits per heavy atom. The molecule has 3 heteroatoms. The minimum Gasteiger partial charge on any atom is -0.413 e. The van der Waals surface area contributed by atoms with E-state index in [9.17, 15) is 5.11 Å². The third-order valence-corrected chi connectivity index (χ3v) is 9.18. The Kier molecular flexibility index (Phi) is 5.21. The lowest BCUT2D eigenvalue weighted by Crippen LogP contribution is -2.41. The Labute approximate surface area is 114 Å².